The number of rotatable bonds is 4. The van der Waals surface area contributed by atoms with Gasteiger partial charge in [-0.3, -0.25) is 4.98 Å². The molecule has 2 heterocycles. The molecular formula is C12H19N3O. The van der Waals surface area contributed by atoms with Gasteiger partial charge < -0.3 is 15.4 Å². The van der Waals surface area contributed by atoms with Crippen molar-refractivity contribution in [1.82, 2.24) is 4.98 Å². The number of nitrogens with zero attached hydrogens (tertiary/aromatic N) is 1. The van der Waals surface area contributed by atoms with E-state index in [0.29, 0.717) is 6.04 Å². The summed E-state index contributed by atoms with van der Waals surface area (Å²) in [5.74, 6) is 0. The molecule has 0 atom stereocenters. The Hall–Kier alpha value is -1.29. The van der Waals surface area contributed by atoms with E-state index in [0.717, 1.165) is 44.0 Å². The minimum absolute atomic E-state index is 0.521. The highest BCUT2D eigenvalue weighted by atomic mass is 16.5. The summed E-state index contributed by atoms with van der Waals surface area (Å²) in [5, 5.41) is 6.76. The molecule has 2 rings (SSSR count). The average molecular weight is 221 g/mol. The van der Waals surface area contributed by atoms with E-state index < -0.39 is 0 Å². The van der Waals surface area contributed by atoms with E-state index in [1.165, 1.54) is 0 Å². The second-order valence-corrected chi connectivity index (χ2v) is 4.02. The van der Waals surface area contributed by atoms with Gasteiger partial charge in [0.05, 0.1) is 23.8 Å². The summed E-state index contributed by atoms with van der Waals surface area (Å²) in [5.41, 5.74) is 2.16. The number of nitrogens with one attached hydrogen (secondary N) is 2. The van der Waals surface area contributed by atoms with Crippen LogP contribution in [0.15, 0.2) is 18.5 Å². The van der Waals surface area contributed by atoms with Crippen LogP contribution in [-0.4, -0.2) is 30.8 Å². The van der Waals surface area contributed by atoms with E-state index in [9.17, 15) is 0 Å². The standard InChI is InChI=1S/C12H19N3O/c1-2-14-11-7-12(9-13-8-11)15-10-3-5-16-6-4-10/h7-10,14-15H,2-6H2,1H3. The Bertz CT molecular complexity index is 324. The van der Waals surface area contributed by atoms with Gasteiger partial charge in [0.2, 0.25) is 0 Å². The van der Waals surface area contributed by atoms with E-state index >= 15 is 0 Å². The van der Waals surface area contributed by atoms with Crippen molar-refractivity contribution in [3.8, 4) is 0 Å². The number of aromatic nitrogens is 1. The molecule has 16 heavy (non-hydrogen) atoms. The molecule has 1 fully saturated rings. The second-order valence-electron chi connectivity index (χ2n) is 4.02. The number of anilines is 2. The zero-order valence-corrected chi connectivity index (χ0v) is 9.70. The SMILES string of the molecule is CCNc1cncc(NC2CCOCC2)c1. The summed E-state index contributed by atoms with van der Waals surface area (Å²) in [6.45, 7) is 4.72. The Kier molecular flexibility index (Phi) is 3.99. The largest absolute Gasteiger partial charge is 0.384 e. The molecule has 0 spiro atoms. The van der Waals surface area contributed by atoms with Gasteiger partial charge in [-0.15, -0.1) is 0 Å². The second kappa shape index (κ2) is 5.70. The van der Waals surface area contributed by atoms with Crippen LogP contribution in [-0.2, 0) is 4.74 Å². The molecule has 4 nitrogen and oxygen atoms in total. The molecule has 0 saturated carbocycles. The van der Waals surface area contributed by atoms with Crippen LogP contribution in [0.5, 0.6) is 0 Å². The van der Waals surface area contributed by atoms with E-state index in [-0.39, 0.29) is 0 Å². The Balaban J connectivity index is 1.94. The molecule has 0 radical (unpaired) electrons. The maximum absolute atomic E-state index is 5.33. The summed E-state index contributed by atoms with van der Waals surface area (Å²) in [6.07, 6.45) is 5.87. The first-order valence-electron chi connectivity index (χ1n) is 5.91. The van der Waals surface area contributed by atoms with Gasteiger partial charge in [-0.25, -0.2) is 0 Å². The first-order valence-corrected chi connectivity index (χ1v) is 5.91. The van der Waals surface area contributed by atoms with Gasteiger partial charge in [0.25, 0.3) is 0 Å². The Morgan fingerprint density at radius 3 is 2.81 bits per heavy atom. The summed E-state index contributed by atoms with van der Waals surface area (Å²) >= 11 is 0. The number of pyridine rings is 1. The lowest BCUT2D eigenvalue weighted by Crippen LogP contribution is -2.27. The van der Waals surface area contributed by atoms with Crippen molar-refractivity contribution in [1.29, 1.82) is 0 Å². The lowest BCUT2D eigenvalue weighted by Gasteiger charge is -2.24. The zero-order valence-electron chi connectivity index (χ0n) is 9.70. The van der Waals surface area contributed by atoms with Crippen LogP contribution in [0.2, 0.25) is 0 Å². The fraction of sp³-hybridized carbons (Fsp3) is 0.583. The molecule has 4 heteroatoms. The number of hydrogen-bond acceptors (Lipinski definition) is 4. The van der Waals surface area contributed by atoms with E-state index in [1.54, 1.807) is 0 Å². The highest BCUT2D eigenvalue weighted by Crippen LogP contribution is 2.17. The fourth-order valence-electron chi connectivity index (χ4n) is 1.90. The maximum Gasteiger partial charge on any atom is 0.0549 e. The van der Waals surface area contributed by atoms with Gasteiger partial charge in [-0.1, -0.05) is 0 Å². The monoisotopic (exact) mass is 221 g/mol. The lowest BCUT2D eigenvalue weighted by molar-refractivity contribution is 0.0904. The zero-order chi connectivity index (χ0) is 11.2. The Morgan fingerprint density at radius 1 is 1.31 bits per heavy atom. The Morgan fingerprint density at radius 2 is 2.06 bits per heavy atom. The third-order valence-corrected chi connectivity index (χ3v) is 2.71. The van der Waals surface area contributed by atoms with Crippen molar-refractivity contribution in [2.24, 2.45) is 0 Å². The van der Waals surface area contributed by atoms with E-state index in [2.05, 4.69) is 28.6 Å². The van der Waals surface area contributed by atoms with Crippen molar-refractivity contribution >= 4 is 11.4 Å². The van der Waals surface area contributed by atoms with Crippen LogP contribution >= 0.6 is 0 Å². The van der Waals surface area contributed by atoms with Crippen molar-refractivity contribution < 1.29 is 4.74 Å². The van der Waals surface area contributed by atoms with Crippen LogP contribution in [0.1, 0.15) is 19.8 Å². The molecule has 1 aliphatic heterocycles. The van der Waals surface area contributed by atoms with Crippen molar-refractivity contribution in [3.05, 3.63) is 18.5 Å². The van der Waals surface area contributed by atoms with Crippen LogP contribution in [0.3, 0.4) is 0 Å². The predicted molar refractivity (Wildman–Crippen MR) is 65.9 cm³/mol. The maximum atomic E-state index is 5.33. The topological polar surface area (TPSA) is 46.2 Å². The molecule has 1 aliphatic rings. The third kappa shape index (κ3) is 3.10. The number of ether oxygens (including phenoxy) is 1. The Labute approximate surface area is 96.4 Å². The highest BCUT2D eigenvalue weighted by molar-refractivity contribution is 5.54. The minimum Gasteiger partial charge on any atom is -0.384 e. The lowest BCUT2D eigenvalue weighted by atomic mass is 10.1. The summed E-state index contributed by atoms with van der Waals surface area (Å²) in [7, 11) is 0. The smallest absolute Gasteiger partial charge is 0.0549 e. The molecule has 1 aromatic rings. The average Bonchev–Trinajstić information content (AvgIpc) is 2.31. The van der Waals surface area contributed by atoms with Crippen molar-refractivity contribution in [2.45, 2.75) is 25.8 Å². The molecule has 1 aromatic heterocycles. The summed E-state index contributed by atoms with van der Waals surface area (Å²) in [6, 6.07) is 2.62. The van der Waals surface area contributed by atoms with Gasteiger partial charge in [0.15, 0.2) is 0 Å². The molecule has 2 N–H and O–H groups in total. The van der Waals surface area contributed by atoms with Crippen molar-refractivity contribution in [2.75, 3.05) is 30.4 Å². The quantitative estimate of drug-likeness (QED) is 0.817. The van der Waals surface area contributed by atoms with Crippen LogP contribution in [0, 0.1) is 0 Å². The van der Waals surface area contributed by atoms with Gasteiger partial charge in [-0.05, 0) is 25.8 Å². The van der Waals surface area contributed by atoms with Gasteiger partial charge >= 0.3 is 0 Å². The summed E-state index contributed by atoms with van der Waals surface area (Å²) < 4.78 is 5.33. The van der Waals surface area contributed by atoms with Crippen LogP contribution in [0.4, 0.5) is 11.4 Å². The molecular weight excluding hydrogens is 202 g/mol. The van der Waals surface area contributed by atoms with Crippen LogP contribution < -0.4 is 10.6 Å². The predicted octanol–water partition coefficient (Wildman–Crippen LogP) is 2.10. The number of hydrogen-bond donors (Lipinski definition) is 2. The minimum atomic E-state index is 0.521. The molecule has 0 aliphatic carbocycles. The molecule has 1 saturated heterocycles. The van der Waals surface area contributed by atoms with Crippen molar-refractivity contribution in [3.63, 3.8) is 0 Å². The van der Waals surface area contributed by atoms with Gasteiger partial charge in [-0.2, -0.15) is 0 Å². The normalized spacial score (nSPS) is 17.1. The van der Waals surface area contributed by atoms with Crippen LogP contribution in [0.25, 0.3) is 0 Å². The first kappa shape index (κ1) is 11.2. The van der Waals surface area contributed by atoms with Gasteiger partial charge in [0.1, 0.15) is 0 Å². The molecule has 88 valence electrons. The molecule has 0 bridgehead atoms. The first-order chi connectivity index (χ1) is 7.88. The van der Waals surface area contributed by atoms with Gasteiger partial charge in [0, 0.05) is 25.8 Å². The highest BCUT2D eigenvalue weighted by Gasteiger charge is 2.13. The summed E-state index contributed by atoms with van der Waals surface area (Å²) in [4.78, 5) is 4.21. The third-order valence-electron chi connectivity index (χ3n) is 2.71. The van der Waals surface area contributed by atoms with E-state index in [4.69, 9.17) is 4.74 Å². The molecule has 0 aromatic carbocycles. The molecule has 0 amide bonds. The fourth-order valence-corrected chi connectivity index (χ4v) is 1.90. The molecule has 0 unspecified atom stereocenters. The van der Waals surface area contributed by atoms with E-state index in [1.807, 2.05) is 12.4 Å².